The third kappa shape index (κ3) is 4.41. The lowest BCUT2D eigenvalue weighted by Crippen LogP contribution is -2.40. The van der Waals surface area contributed by atoms with Gasteiger partial charge in [0.1, 0.15) is 0 Å². The van der Waals surface area contributed by atoms with Crippen molar-refractivity contribution in [2.24, 2.45) is 11.3 Å². The van der Waals surface area contributed by atoms with Crippen LogP contribution in [-0.2, 0) is 4.74 Å². The van der Waals surface area contributed by atoms with E-state index in [1.807, 2.05) is 44.1 Å². The number of carbonyl (C=O) groups is 1. The van der Waals surface area contributed by atoms with Crippen molar-refractivity contribution in [3.63, 3.8) is 0 Å². The summed E-state index contributed by atoms with van der Waals surface area (Å²) in [7, 11) is 4.00. The van der Waals surface area contributed by atoms with E-state index in [2.05, 4.69) is 31.4 Å². The van der Waals surface area contributed by atoms with E-state index in [4.69, 9.17) is 4.74 Å². The van der Waals surface area contributed by atoms with Crippen LogP contribution in [0.2, 0.25) is 0 Å². The first-order valence-electron chi connectivity index (χ1n) is 8.63. The quantitative estimate of drug-likeness (QED) is 0.884. The third-order valence-electron chi connectivity index (χ3n) is 4.63. The van der Waals surface area contributed by atoms with Crippen LogP contribution in [-0.4, -0.2) is 39.4 Å². The second kappa shape index (κ2) is 7.43. The molecule has 2 amide bonds. The van der Waals surface area contributed by atoms with Crippen LogP contribution in [0.25, 0.3) is 0 Å². The molecular weight excluding hydrogens is 302 g/mol. The molecule has 2 rings (SSSR count). The zero-order chi connectivity index (χ0) is 17.9. The first-order valence-corrected chi connectivity index (χ1v) is 8.63. The van der Waals surface area contributed by atoms with Gasteiger partial charge in [-0.15, -0.1) is 0 Å². The minimum atomic E-state index is -0.159. The van der Waals surface area contributed by atoms with Gasteiger partial charge in [-0.1, -0.05) is 26.8 Å². The molecule has 2 atom stereocenters. The molecule has 5 heteroatoms. The summed E-state index contributed by atoms with van der Waals surface area (Å²) in [6.07, 6.45) is 1.19. The lowest BCUT2D eigenvalue weighted by molar-refractivity contribution is 0.00782. The molecular formula is C19H31N3O2. The third-order valence-corrected chi connectivity index (χ3v) is 4.63. The first kappa shape index (κ1) is 18.6. The highest BCUT2D eigenvalue weighted by Gasteiger charge is 2.37. The molecule has 134 valence electrons. The van der Waals surface area contributed by atoms with E-state index >= 15 is 0 Å². The lowest BCUT2D eigenvalue weighted by atomic mass is 9.81. The number of anilines is 2. The fourth-order valence-corrected chi connectivity index (χ4v) is 3.43. The number of hydrogen-bond donors (Lipinski definition) is 2. The maximum absolute atomic E-state index is 12.3. The van der Waals surface area contributed by atoms with Gasteiger partial charge >= 0.3 is 6.03 Å². The van der Waals surface area contributed by atoms with E-state index in [0.717, 1.165) is 30.0 Å². The van der Waals surface area contributed by atoms with Crippen molar-refractivity contribution in [2.45, 2.75) is 40.2 Å². The average Bonchev–Trinajstić information content (AvgIpc) is 2.95. The molecule has 1 fully saturated rings. The van der Waals surface area contributed by atoms with E-state index in [1.165, 1.54) is 0 Å². The summed E-state index contributed by atoms with van der Waals surface area (Å²) < 4.78 is 5.86. The molecule has 5 nitrogen and oxygen atoms in total. The second-order valence-electron chi connectivity index (χ2n) is 7.89. The number of ether oxygens (including phenoxy) is 1. The molecule has 0 aliphatic carbocycles. The minimum Gasteiger partial charge on any atom is -0.377 e. The Morgan fingerprint density at radius 3 is 2.67 bits per heavy atom. The zero-order valence-corrected chi connectivity index (χ0v) is 15.8. The van der Waals surface area contributed by atoms with Crippen molar-refractivity contribution < 1.29 is 9.53 Å². The number of rotatable bonds is 4. The van der Waals surface area contributed by atoms with Gasteiger partial charge in [0, 0.05) is 44.5 Å². The van der Waals surface area contributed by atoms with Gasteiger partial charge in [-0.3, -0.25) is 0 Å². The van der Waals surface area contributed by atoms with Gasteiger partial charge < -0.3 is 20.3 Å². The van der Waals surface area contributed by atoms with E-state index in [-0.39, 0.29) is 17.6 Å². The number of amides is 2. The topological polar surface area (TPSA) is 53.6 Å². The standard InChI is InChI=1S/C19H31N3O2/c1-13-15(8-7-9-16(13)22(5)6)21-18(23)20-12-14-10-11-24-17(14)19(2,3)4/h7-9,14,17H,10-12H2,1-6H3,(H2,20,21,23)/t14-,17+/m1/s1. The van der Waals surface area contributed by atoms with Crippen molar-refractivity contribution in [2.75, 3.05) is 37.5 Å². The van der Waals surface area contributed by atoms with E-state index in [0.29, 0.717) is 12.5 Å². The predicted octanol–water partition coefficient (Wildman–Crippen LogP) is 3.63. The Kier molecular flexibility index (Phi) is 5.75. The highest BCUT2D eigenvalue weighted by molar-refractivity contribution is 5.91. The smallest absolute Gasteiger partial charge is 0.319 e. The van der Waals surface area contributed by atoms with Crippen molar-refractivity contribution in [3.8, 4) is 0 Å². The molecule has 0 spiro atoms. The van der Waals surface area contributed by atoms with Gasteiger partial charge in [0.05, 0.1) is 6.10 Å². The number of nitrogens with zero attached hydrogens (tertiary/aromatic N) is 1. The fourth-order valence-electron chi connectivity index (χ4n) is 3.43. The second-order valence-corrected chi connectivity index (χ2v) is 7.89. The van der Waals surface area contributed by atoms with Crippen LogP contribution in [0.4, 0.5) is 16.2 Å². The largest absolute Gasteiger partial charge is 0.377 e. The highest BCUT2D eigenvalue weighted by atomic mass is 16.5. The van der Waals surface area contributed by atoms with Crippen molar-refractivity contribution in [1.82, 2.24) is 5.32 Å². The van der Waals surface area contributed by atoms with Gasteiger partial charge in [-0.2, -0.15) is 0 Å². The molecule has 2 N–H and O–H groups in total. The van der Waals surface area contributed by atoms with Crippen LogP contribution in [0.1, 0.15) is 32.8 Å². The van der Waals surface area contributed by atoms with Gasteiger partial charge in [0.2, 0.25) is 0 Å². The Morgan fingerprint density at radius 1 is 1.33 bits per heavy atom. The number of benzene rings is 1. The van der Waals surface area contributed by atoms with Crippen LogP contribution < -0.4 is 15.5 Å². The molecule has 0 aromatic heterocycles. The summed E-state index contributed by atoms with van der Waals surface area (Å²) in [5.74, 6) is 0.366. The summed E-state index contributed by atoms with van der Waals surface area (Å²) >= 11 is 0. The first-order chi connectivity index (χ1) is 11.2. The molecule has 0 bridgehead atoms. The predicted molar refractivity (Wildman–Crippen MR) is 99.8 cm³/mol. The highest BCUT2D eigenvalue weighted by Crippen LogP contribution is 2.34. The Morgan fingerprint density at radius 2 is 2.04 bits per heavy atom. The SMILES string of the molecule is Cc1c(NC(=O)NC[C@H]2CCO[C@@H]2C(C)(C)C)cccc1N(C)C. The Bertz CT molecular complexity index is 578. The molecule has 0 unspecified atom stereocenters. The number of carbonyl (C=O) groups excluding carboxylic acids is 1. The summed E-state index contributed by atoms with van der Waals surface area (Å²) in [6.45, 7) is 10.00. The maximum atomic E-state index is 12.3. The minimum absolute atomic E-state index is 0.0932. The summed E-state index contributed by atoms with van der Waals surface area (Å²) in [4.78, 5) is 14.3. The lowest BCUT2D eigenvalue weighted by Gasteiger charge is -2.31. The Labute approximate surface area is 145 Å². The van der Waals surface area contributed by atoms with Crippen LogP contribution in [0.3, 0.4) is 0 Å². The molecule has 24 heavy (non-hydrogen) atoms. The van der Waals surface area contributed by atoms with Crippen LogP contribution in [0.5, 0.6) is 0 Å². The monoisotopic (exact) mass is 333 g/mol. The molecule has 0 saturated carbocycles. The van der Waals surface area contributed by atoms with E-state index < -0.39 is 0 Å². The molecule has 1 heterocycles. The van der Waals surface area contributed by atoms with Gasteiger partial charge in [-0.05, 0) is 36.5 Å². The number of hydrogen-bond acceptors (Lipinski definition) is 3. The molecule has 1 aromatic carbocycles. The van der Waals surface area contributed by atoms with Gasteiger partial charge in [-0.25, -0.2) is 4.79 Å². The molecule has 1 aliphatic rings. The van der Waals surface area contributed by atoms with Crippen molar-refractivity contribution in [1.29, 1.82) is 0 Å². The van der Waals surface area contributed by atoms with Crippen LogP contribution >= 0.6 is 0 Å². The van der Waals surface area contributed by atoms with Crippen molar-refractivity contribution in [3.05, 3.63) is 23.8 Å². The van der Waals surface area contributed by atoms with Crippen LogP contribution in [0, 0.1) is 18.3 Å². The summed E-state index contributed by atoms with van der Waals surface area (Å²) in [5.41, 5.74) is 3.10. The Hall–Kier alpha value is -1.75. The van der Waals surface area contributed by atoms with Crippen LogP contribution in [0.15, 0.2) is 18.2 Å². The van der Waals surface area contributed by atoms with E-state index in [1.54, 1.807) is 0 Å². The fraction of sp³-hybridized carbons (Fsp3) is 0.632. The summed E-state index contributed by atoms with van der Waals surface area (Å²) in [6, 6.07) is 5.77. The number of urea groups is 1. The van der Waals surface area contributed by atoms with E-state index in [9.17, 15) is 4.79 Å². The Balaban J connectivity index is 1.94. The molecule has 1 aromatic rings. The molecule has 1 saturated heterocycles. The maximum Gasteiger partial charge on any atom is 0.319 e. The van der Waals surface area contributed by atoms with Gasteiger partial charge in [0.15, 0.2) is 0 Å². The van der Waals surface area contributed by atoms with Gasteiger partial charge in [0.25, 0.3) is 0 Å². The van der Waals surface area contributed by atoms with Crippen molar-refractivity contribution >= 4 is 17.4 Å². The summed E-state index contributed by atoms with van der Waals surface area (Å²) in [5, 5.41) is 5.97. The molecule has 0 radical (unpaired) electrons. The average molecular weight is 333 g/mol. The molecule has 1 aliphatic heterocycles. The zero-order valence-electron chi connectivity index (χ0n) is 15.8. The normalized spacial score (nSPS) is 20.8. The number of nitrogens with one attached hydrogen (secondary N) is 2.